The third kappa shape index (κ3) is 1.52. The Balaban J connectivity index is 2.15. The lowest BCUT2D eigenvalue weighted by Crippen LogP contribution is -2.10. The molecule has 82 valence electrons. The summed E-state index contributed by atoms with van der Waals surface area (Å²) in [6.07, 6.45) is 0. The van der Waals surface area contributed by atoms with Crippen LogP contribution in [0.4, 0.5) is 0 Å². The minimum absolute atomic E-state index is 0.247. The fourth-order valence-electron chi connectivity index (χ4n) is 2.01. The van der Waals surface area contributed by atoms with Gasteiger partial charge in [-0.15, -0.1) is 0 Å². The normalized spacial score (nSPS) is 13.4. The number of fused-ring (bicyclic) bond motifs is 1. The number of nitrogens with two attached hydrogens (primary N) is 1. The van der Waals surface area contributed by atoms with Crippen LogP contribution in [0.5, 0.6) is 0 Å². The van der Waals surface area contributed by atoms with Crippen molar-refractivity contribution in [1.29, 1.82) is 5.41 Å². The first-order chi connectivity index (χ1) is 8.25. The molecule has 0 fully saturated rings. The van der Waals surface area contributed by atoms with Crippen LogP contribution in [0, 0.1) is 5.41 Å². The molecular weight excluding hydrogens is 210 g/mol. The van der Waals surface area contributed by atoms with Crippen molar-refractivity contribution >= 4 is 11.7 Å². The van der Waals surface area contributed by atoms with E-state index in [0.29, 0.717) is 5.84 Å². The van der Waals surface area contributed by atoms with Crippen molar-refractivity contribution in [2.45, 2.75) is 0 Å². The Kier molecular flexibility index (Phi) is 2.05. The summed E-state index contributed by atoms with van der Waals surface area (Å²) in [6, 6.07) is 16.0. The van der Waals surface area contributed by atoms with Gasteiger partial charge < -0.3 is 5.73 Å². The first kappa shape index (κ1) is 9.78. The van der Waals surface area contributed by atoms with Crippen LogP contribution in [-0.4, -0.2) is 11.7 Å². The monoisotopic (exact) mass is 221 g/mol. The van der Waals surface area contributed by atoms with Crippen LogP contribution in [0.15, 0.2) is 53.5 Å². The molecule has 1 aliphatic rings. The minimum Gasteiger partial charge on any atom is -0.383 e. The highest BCUT2D eigenvalue weighted by Crippen LogP contribution is 2.25. The van der Waals surface area contributed by atoms with E-state index in [4.69, 9.17) is 11.1 Å². The predicted molar refractivity (Wildman–Crippen MR) is 69.4 cm³/mol. The third-order valence-electron chi connectivity index (χ3n) is 2.89. The van der Waals surface area contributed by atoms with Crippen LogP contribution in [-0.2, 0) is 0 Å². The highest BCUT2D eigenvalue weighted by Gasteiger charge is 2.18. The Bertz CT molecular complexity index is 627. The van der Waals surface area contributed by atoms with Gasteiger partial charge in [-0.3, -0.25) is 5.41 Å². The molecule has 0 spiro atoms. The second-order valence-corrected chi connectivity index (χ2v) is 3.97. The third-order valence-corrected chi connectivity index (χ3v) is 2.89. The van der Waals surface area contributed by atoms with Crippen molar-refractivity contribution in [1.82, 2.24) is 0 Å². The summed E-state index contributed by atoms with van der Waals surface area (Å²) >= 11 is 0. The largest absolute Gasteiger partial charge is 0.383 e. The fourth-order valence-corrected chi connectivity index (χ4v) is 2.01. The molecule has 0 saturated heterocycles. The maximum atomic E-state index is 7.67. The maximum Gasteiger partial charge on any atom is 0.154 e. The van der Waals surface area contributed by atoms with Gasteiger partial charge in [0.2, 0.25) is 0 Å². The van der Waals surface area contributed by atoms with E-state index in [2.05, 4.69) is 17.1 Å². The van der Waals surface area contributed by atoms with Crippen molar-refractivity contribution in [3.63, 3.8) is 0 Å². The molecule has 2 aromatic rings. The molecule has 1 heterocycles. The molecule has 0 aromatic heterocycles. The molecule has 3 N–H and O–H groups in total. The Labute approximate surface area is 99.1 Å². The molecule has 3 rings (SSSR count). The van der Waals surface area contributed by atoms with Gasteiger partial charge in [-0.2, -0.15) is 0 Å². The van der Waals surface area contributed by atoms with Gasteiger partial charge in [0.05, 0.1) is 0 Å². The molecule has 1 aliphatic heterocycles. The molecule has 0 bridgehead atoms. The minimum atomic E-state index is 0.247. The highest BCUT2D eigenvalue weighted by atomic mass is 14.9. The van der Waals surface area contributed by atoms with Gasteiger partial charge in [0, 0.05) is 11.1 Å². The first-order valence-electron chi connectivity index (χ1n) is 5.38. The zero-order chi connectivity index (χ0) is 11.8. The Morgan fingerprint density at radius 2 is 1.65 bits per heavy atom. The van der Waals surface area contributed by atoms with E-state index in [0.717, 1.165) is 22.3 Å². The average molecular weight is 221 g/mol. The Hall–Kier alpha value is -2.42. The SMILES string of the molecule is N=C1N=C(N)c2cc(-c3ccccc3)ccc21. The number of benzene rings is 2. The van der Waals surface area contributed by atoms with Gasteiger partial charge in [-0.05, 0) is 23.3 Å². The molecule has 0 amide bonds. The molecule has 2 aromatic carbocycles. The van der Waals surface area contributed by atoms with Crippen LogP contribution in [0.3, 0.4) is 0 Å². The number of aliphatic imine (C=N–C) groups is 1. The lowest BCUT2D eigenvalue weighted by atomic mass is 9.99. The molecule has 17 heavy (non-hydrogen) atoms. The lowest BCUT2D eigenvalue weighted by molar-refractivity contribution is 1.45. The van der Waals surface area contributed by atoms with Gasteiger partial charge in [0.15, 0.2) is 5.84 Å². The summed E-state index contributed by atoms with van der Waals surface area (Å²) in [5.74, 6) is 0.680. The second-order valence-electron chi connectivity index (χ2n) is 3.97. The van der Waals surface area contributed by atoms with Gasteiger partial charge in [-0.1, -0.05) is 36.4 Å². The van der Waals surface area contributed by atoms with E-state index in [-0.39, 0.29) is 5.84 Å². The molecule has 0 aliphatic carbocycles. The number of hydrogen-bond acceptors (Lipinski definition) is 2. The lowest BCUT2D eigenvalue weighted by Gasteiger charge is -2.04. The summed E-state index contributed by atoms with van der Waals surface area (Å²) in [7, 11) is 0. The van der Waals surface area contributed by atoms with Crippen LogP contribution in [0.1, 0.15) is 11.1 Å². The van der Waals surface area contributed by atoms with Crippen molar-refractivity contribution in [3.05, 3.63) is 59.7 Å². The Morgan fingerprint density at radius 1 is 0.882 bits per heavy atom. The summed E-state index contributed by atoms with van der Waals surface area (Å²) in [5.41, 5.74) is 9.69. The van der Waals surface area contributed by atoms with Crippen molar-refractivity contribution in [3.8, 4) is 11.1 Å². The van der Waals surface area contributed by atoms with Gasteiger partial charge >= 0.3 is 0 Å². The number of nitrogens with one attached hydrogen (secondary N) is 1. The first-order valence-corrected chi connectivity index (χ1v) is 5.38. The molecule has 0 unspecified atom stereocenters. The van der Waals surface area contributed by atoms with Gasteiger partial charge in [0.25, 0.3) is 0 Å². The van der Waals surface area contributed by atoms with Crippen molar-refractivity contribution in [2.75, 3.05) is 0 Å². The summed E-state index contributed by atoms with van der Waals surface area (Å²) in [6.45, 7) is 0. The standard InChI is InChI=1S/C14H11N3/c15-13-11-7-6-10(8-12(11)14(16)17-13)9-4-2-1-3-5-9/h1-8H,(H3,15,16,17). The number of nitrogens with zero attached hydrogens (tertiary/aromatic N) is 1. The molecule has 0 radical (unpaired) electrons. The maximum absolute atomic E-state index is 7.67. The predicted octanol–water partition coefficient (Wildman–Crippen LogP) is 2.40. The second kappa shape index (κ2) is 3.56. The van der Waals surface area contributed by atoms with Crippen LogP contribution < -0.4 is 5.73 Å². The molecule has 0 atom stereocenters. The van der Waals surface area contributed by atoms with E-state index in [1.54, 1.807) is 0 Å². The Morgan fingerprint density at radius 3 is 2.41 bits per heavy atom. The van der Waals surface area contributed by atoms with Gasteiger partial charge in [-0.25, -0.2) is 4.99 Å². The summed E-state index contributed by atoms with van der Waals surface area (Å²) < 4.78 is 0. The smallest absolute Gasteiger partial charge is 0.154 e. The van der Waals surface area contributed by atoms with E-state index in [9.17, 15) is 0 Å². The molecular formula is C14H11N3. The van der Waals surface area contributed by atoms with Crippen molar-refractivity contribution in [2.24, 2.45) is 10.7 Å². The zero-order valence-electron chi connectivity index (χ0n) is 9.14. The summed E-state index contributed by atoms with van der Waals surface area (Å²) in [5, 5.41) is 7.67. The summed E-state index contributed by atoms with van der Waals surface area (Å²) in [4.78, 5) is 3.97. The highest BCUT2D eigenvalue weighted by molar-refractivity contribution is 6.21. The number of amidine groups is 2. The van der Waals surface area contributed by atoms with Crippen LogP contribution in [0.25, 0.3) is 11.1 Å². The molecule has 3 nitrogen and oxygen atoms in total. The van der Waals surface area contributed by atoms with E-state index in [1.807, 2.05) is 36.4 Å². The van der Waals surface area contributed by atoms with Gasteiger partial charge in [0.1, 0.15) is 5.84 Å². The van der Waals surface area contributed by atoms with E-state index in [1.165, 1.54) is 0 Å². The topological polar surface area (TPSA) is 62.2 Å². The van der Waals surface area contributed by atoms with Crippen molar-refractivity contribution < 1.29 is 0 Å². The van der Waals surface area contributed by atoms with Crippen LogP contribution in [0.2, 0.25) is 0 Å². The average Bonchev–Trinajstić information content (AvgIpc) is 2.66. The van der Waals surface area contributed by atoms with E-state index < -0.39 is 0 Å². The van der Waals surface area contributed by atoms with E-state index >= 15 is 0 Å². The number of rotatable bonds is 1. The van der Waals surface area contributed by atoms with Crippen LogP contribution >= 0.6 is 0 Å². The fraction of sp³-hybridized carbons (Fsp3) is 0. The molecule has 0 saturated carbocycles. The zero-order valence-corrected chi connectivity index (χ0v) is 9.14. The number of hydrogen-bond donors (Lipinski definition) is 2. The molecule has 3 heteroatoms. The quantitative estimate of drug-likeness (QED) is 0.763.